The van der Waals surface area contributed by atoms with Gasteiger partial charge in [0, 0.05) is 36.7 Å². The van der Waals surface area contributed by atoms with E-state index < -0.39 is 0 Å². The quantitative estimate of drug-likeness (QED) is 0.902. The van der Waals surface area contributed by atoms with Crippen molar-refractivity contribution >= 4 is 5.78 Å². The average molecular weight is 259 g/mol. The van der Waals surface area contributed by atoms with Gasteiger partial charge in [0.05, 0.1) is 5.69 Å². The maximum atomic E-state index is 5.82. The van der Waals surface area contributed by atoms with Crippen LogP contribution in [0.4, 0.5) is 0 Å². The Morgan fingerprint density at radius 3 is 3.00 bits per heavy atom. The molecule has 2 N–H and O–H groups in total. The topological polar surface area (TPSA) is 59.5 Å². The van der Waals surface area contributed by atoms with Crippen molar-refractivity contribution in [1.82, 2.24) is 19.3 Å². The summed E-state index contributed by atoms with van der Waals surface area (Å²) in [5.74, 6) is 0.802. The zero-order chi connectivity index (χ0) is 13.4. The van der Waals surface area contributed by atoms with Gasteiger partial charge in [0.15, 0.2) is 0 Å². The summed E-state index contributed by atoms with van der Waals surface area (Å²) in [6.07, 6.45) is 4.55. The molecule has 1 atom stereocenters. The number of hydrogen-bond donors (Lipinski definition) is 1. The van der Waals surface area contributed by atoms with Gasteiger partial charge in [0.2, 0.25) is 5.78 Å². The van der Waals surface area contributed by atoms with E-state index in [1.807, 2.05) is 6.92 Å². The minimum atomic E-state index is 0.514. The molecule has 5 heteroatoms. The van der Waals surface area contributed by atoms with Crippen molar-refractivity contribution in [3.8, 4) is 0 Å². The van der Waals surface area contributed by atoms with E-state index in [1.54, 1.807) is 0 Å². The summed E-state index contributed by atoms with van der Waals surface area (Å²) in [5.41, 5.74) is 9.10. The number of hydrogen-bond acceptors (Lipinski definition) is 4. The summed E-state index contributed by atoms with van der Waals surface area (Å²) in [6.45, 7) is 6.84. The Labute approximate surface area is 113 Å². The van der Waals surface area contributed by atoms with E-state index in [1.165, 1.54) is 18.5 Å². The van der Waals surface area contributed by atoms with Crippen LogP contribution in [0.1, 0.15) is 29.9 Å². The lowest BCUT2D eigenvalue weighted by atomic mass is 10.2. The van der Waals surface area contributed by atoms with Gasteiger partial charge >= 0.3 is 0 Å². The highest BCUT2D eigenvalue weighted by Crippen LogP contribution is 2.19. The second-order valence-electron chi connectivity index (χ2n) is 5.44. The molecule has 0 saturated carbocycles. The first-order valence-electron chi connectivity index (χ1n) is 6.93. The molecule has 3 heterocycles. The molecule has 19 heavy (non-hydrogen) atoms. The largest absolute Gasteiger partial charge is 0.329 e. The van der Waals surface area contributed by atoms with Crippen LogP contribution in [-0.4, -0.2) is 38.4 Å². The number of likely N-dealkylation sites (tertiary alicyclic amines) is 1. The zero-order valence-corrected chi connectivity index (χ0v) is 11.6. The zero-order valence-electron chi connectivity index (χ0n) is 11.6. The van der Waals surface area contributed by atoms with Crippen LogP contribution in [0.25, 0.3) is 5.78 Å². The Balaban J connectivity index is 1.87. The van der Waals surface area contributed by atoms with Gasteiger partial charge in [-0.2, -0.15) is 0 Å². The average Bonchev–Trinajstić information content (AvgIpc) is 2.95. The third-order valence-corrected chi connectivity index (χ3v) is 3.95. The molecule has 0 radical (unpaired) electrons. The first-order chi connectivity index (χ1) is 9.17. The number of fused-ring (bicyclic) bond motifs is 1. The maximum absolute atomic E-state index is 5.82. The normalized spacial score (nSPS) is 20.5. The van der Waals surface area contributed by atoms with Gasteiger partial charge < -0.3 is 5.73 Å². The summed E-state index contributed by atoms with van der Waals surface area (Å²) in [7, 11) is 0. The standard InChI is InChI=1S/C14H21N5/c1-10-6-11(2)19-9-12(17-14(19)16-10)8-18-5-3-4-13(18)7-15/h6,9,13H,3-5,7-8,15H2,1-2H3. The lowest BCUT2D eigenvalue weighted by Crippen LogP contribution is -2.34. The first-order valence-corrected chi connectivity index (χ1v) is 6.93. The number of imidazole rings is 1. The van der Waals surface area contributed by atoms with Crippen LogP contribution in [-0.2, 0) is 6.54 Å². The molecule has 1 saturated heterocycles. The van der Waals surface area contributed by atoms with Crippen LogP contribution in [0.15, 0.2) is 12.3 Å². The smallest absolute Gasteiger partial charge is 0.234 e. The van der Waals surface area contributed by atoms with Crippen LogP contribution in [0.2, 0.25) is 0 Å². The van der Waals surface area contributed by atoms with Crippen molar-refractivity contribution in [1.29, 1.82) is 0 Å². The summed E-state index contributed by atoms with van der Waals surface area (Å²) in [5, 5.41) is 0. The molecule has 1 unspecified atom stereocenters. The molecule has 102 valence electrons. The number of rotatable bonds is 3. The Morgan fingerprint density at radius 2 is 2.21 bits per heavy atom. The molecule has 1 fully saturated rings. The Kier molecular flexibility index (Phi) is 3.24. The summed E-state index contributed by atoms with van der Waals surface area (Å²) in [6, 6.07) is 2.59. The lowest BCUT2D eigenvalue weighted by molar-refractivity contribution is 0.248. The minimum Gasteiger partial charge on any atom is -0.329 e. The number of aromatic nitrogens is 3. The molecule has 0 spiro atoms. The van der Waals surface area contributed by atoms with E-state index in [0.717, 1.165) is 36.8 Å². The molecule has 1 aliphatic heterocycles. The second-order valence-corrected chi connectivity index (χ2v) is 5.44. The predicted octanol–water partition coefficient (Wildman–Crippen LogP) is 1.27. The highest BCUT2D eigenvalue weighted by atomic mass is 15.2. The number of aryl methyl sites for hydroxylation is 2. The van der Waals surface area contributed by atoms with Gasteiger partial charge in [0.1, 0.15) is 0 Å². The summed E-state index contributed by atoms with van der Waals surface area (Å²) < 4.78 is 2.07. The van der Waals surface area contributed by atoms with Crippen LogP contribution in [0.5, 0.6) is 0 Å². The van der Waals surface area contributed by atoms with Crippen molar-refractivity contribution in [2.24, 2.45) is 5.73 Å². The molecule has 0 amide bonds. The number of nitrogens with zero attached hydrogens (tertiary/aromatic N) is 4. The van der Waals surface area contributed by atoms with Crippen LogP contribution >= 0.6 is 0 Å². The summed E-state index contributed by atoms with van der Waals surface area (Å²) >= 11 is 0. The highest BCUT2D eigenvalue weighted by Gasteiger charge is 2.23. The fourth-order valence-electron chi connectivity index (χ4n) is 2.97. The molecule has 0 bridgehead atoms. The van der Waals surface area contributed by atoms with E-state index in [9.17, 15) is 0 Å². The van der Waals surface area contributed by atoms with Gasteiger partial charge in [-0.05, 0) is 39.3 Å². The molecule has 5 nitrogen and oxygen atoms in total. The third-order valence-electron chi connectivity index (χ3n) is 3.95. The molecule has 3 rings (SSSR count). The first kappa shape index (κ1) is 12.6. The molecule has 0 aliphatic carbocycles. The lowest BCUT2D eigenvalue weighted by Gasteiger charge is -2.21. The van der Waals surface area contributed by atoms with Crippen molar-refractivity contribution in [3.63, 3.8) is 0 Å². The Morgan fingerprint density at radius 1 is 1.37 bits per heavy atom. The van der Waals surface area contributed by atoms with Crippen molar-refractivity contribution < 1.29 is 0 Å². The van der Waals surface area contributed by atoms with Crippen LogP contribution < -0.4 is 5.73 Å². The van der Waals surface area contributed by atoms with Gasteiger partial charge in [-0.1, -0.05) is 0 Å². The Hall–Kier alpha value is -1.46. The summed E-state index contributed by atoms with van der Waals surface area (Å²) in [4.78, 5) is 11.6. The second kappa shape index (κ2) is 4.90. The Bertz CT molecular complexity index is 589. The van der Waals surface area contributed by atoms with Crippen molar-refractivity contribution in [2.75, 3.05) is 13.1 Å². The van der Waals surface area contributed by atoms with Gasteiger partial charge in [0.25, 0.3) is 0 Å². The predicted molar refractivity (Wildman–Crippen MR) is 74.9 cm³/mol. The molecule has 2 aromatic heterocycles. The highest BCUT2D eigenvalue weighted by molar-refractivity contribution is 5.34. The van der Waals surface area contributed by atoms with Crippen molar-refractivity contribution in [3.05, 3.63) is 29.3 Å². The van der Waals surface area contributed by atoms with E-state index in [2.05, 4.69) is 38.5 Å². The molecule has 1 aliphatic rings. The van der Waals surface area contributed by atoms with E-state index >= 15 is 0 Å². The van der Waals surface area contributed by atoms with Crippen LogP contribution in [0.3, 0.4) is 0 Å². The van der Waals surface area contributed by atoms with Gasteiger partial charge in [-0.25, -0.2) is 9.97 Å². The van der Waals surface area contributed by atoms with E-state index in [0.29, 0.717) is 6.04 Å². The third kappa shape index (κ3) is 2.35. The maximum Gasteiger partial charge on any atom is 0.234 e. The van der Waals surface area contributed by atoms with E-state index in [-0.39, 0.29) is 0 Å². The molecular formula is C14H21N5. The van der Waals surface area contributed by atoms with Gasteiger partial charge in [-0.3, -0.25) is 9.30 Å². The molecule has 0 aromatic carbocycles. The molecular weight excluding hydrogens is 238 g/mol. The fourth-order valence-corrected chi connectivity index (χ4v) is 2.97. The minimum absolute atomic E-state index is 0.514. The van der Waals surface area contributed by atoms with E-state index in [4.69, 9.17) is 5.73 Å². The molecule has 2 aromatic rings. The SMILES string of the molecule is Cc1cc(C)n2cc(CN3CCCC3CN)nc2n1. The number of nitrogens with two attached hydrogens (primary N) is 1. The van der Waals surface area contributed by atoms with Crippen LogP contribution in [0, 0.1) is 13.8 Å². The van der Waals surface area contributed by atoms with Crippen molar-refractivity contribution in [2.45, 2.75) is 39.3 Å². The van der Waals surface area contributed by atoms with Gasteiger partial charge in [-0.15, -0.1) is 0 Å². The fraction of sp³-hybridized carbons (Fsp3) is 0.571. The monoisotopic (exact) mass is 259 g/mol.